The summed E-state index contributed by atoms with van der Waals surface area (Å²) in [7, 11) is 3.49. The predicted octanol–water partition coefficient (Wildman–Crippen LogP) is 2.80. The van der Waals surface area contributed by atoms with Gasteiger partial charge >= 0.3 is 0 Å². The minimum Gasteiger partial charge on any atom is -0.368 e. The number of benzene rings is 1. The Morgan fingerprint density at radius 3 is 2.33 bits per heavy atom. The first kappa shape index (κ1) is 19.8. The summed E-state index contributed by atoms with van der Waals surface area (Å²) in [5.74, 6) is -0.0728. The van der Waals surface area contributed by atoms with Gasteiger partial charge in [-0.25, -0.2) is 0 Å². The van der Waals surface area contributed by atoms with Crippen LogP contribution < -0.4 is 10.6 Å². The minimum atomic E-state index is -0.777. The van der Waals surface area contributed by atoms with Crippen LogP contribution in [0.25, 0.3) is 0 Å². The average Bonchev–Trinajstić information content (AvgIpc) is 2.74. The quantitative estimate of drug-likeness (QED) is 0.833. The van der Waals surface area contributed by atoms with Crippen LogP contribution in [0.5, 0.6) is 0 Å². The summed E-state index contributed by atoms with van der Waals surface area (Å²) >= 11 is 0. The van der Waals surface area contributed by atoms with E-state index in [1.807, 2.05) is 11.9 Å². The molecule has 1 aromatic rings. The number of hydrogen-bond acceptors (Lipinski definition) is 4. The van der Waals surface area contributed by atoms with Crippen LogP contribution in [-0.4, -0.2) is 55.6 Å². The van der Waals surface area contributed by atoms with Gasteiger partial charge in [-0.15, -0.1) is 0 Å². The summed E-state index contributed by atoms with van der Waals surface area (Å²) in [5.41, 5.74) is 0.567. The fourth-order valence-corrected chi connectivity index (χ4v) is 4.13. The zero-order chi connectivity index (χ0) is 19.3. The first-order valence-electron chi connectivity index (χ1n) is 10.0. The number of carbonyl (C=O) groups is 2. The van der Waals surface area contributed by atoms with Gasteiger partial charge in [0.1, 0.15) is 5.60 Å². The van der Waals surface area contributed by atoms with Gasteiger partial charge in [-0.1, -0.05) is 19.3 Å². The number of nitrogens with zero attached hydrogens (tertiary/aromatic N) is 1. The first-order valence-corrected chi connectivity index (χ1v) is 10.0. The van der Waals surface area contributed by atoms with Crippen molar-refractivity contribution in [2.24, 2.45) is 0 Å². The maximum Gasteiger partial charge on any atom is 0.256 e. The Bertz CT molecular complexity index is 647. The summed E-state index contributed by atoms with van der Waals surface area (Å²) in [6.07, 6.45) is 7.14. The van der Waals surface area contributed by atoms with E-state index in [-0.39, 0.29) is 11.8 Å². The minimum absolute atomic E-state index is 0.0477. The molecule has 1 saturated carbocycles. The number of anilines is 1. The van der Waals surface area contributed by atoms with Gasteiger partial charge in [0, 0.05) is 31.5 Å². The van der Waals surface area contributed by atoms with Crippen molar-refractivity contribution >= 4 is 17.5 Å². The van der Waals surface area contributed by atoms with Gasteiger partial charge in [-0.05, 0) is 63.0 Å². The molecule has 1 aromatic carbocycles. The highest BCUT2D eigenvalue weighted by Crippen LogP contribution is 2.26. The molecule has 2 amide bonds. The van der Waals surface area contributed by atoms with Gasteiger partial charge in [0.15, 0.2) is 0 Å². The Morgan fingerprint density at radius 2 is 1.74 bits per heavy atom. The number of carbonyl (C=O) groups excluding carboxylic acids is 2. The third-order valence-electron chi connectivity index (χ3n) is 6.05. The van der Waals surface area contributed by atoms with E-state index in [0.717, 1.165) is 25.9 Å². The van der Waals surface area contributed by atoms with Crippen LogP contribution in [-0.2, 0) is 9.53 Å². The molecule has 0 aromatic heterocycles. The summed E-state index contributed by atoms with van der Waals surface area (Å²) < 4.78 is 5.56. The fourth-order valence-electron chi connectivity index (χ4n) is 4.13. The van der Waals surface area contributed by atoms with Gasteiger partial charge in [-0.2, -0.15) is 0 Å². The lowest BCUT2D eigenvalue weighted by atomic mass is 9.91. The van der Waals surface area contributed by atoms with Crippen molar-refractivity contribution in [3.05, 3.63) is 29.8 Å². The normalized spacial score (nSPS) is 20.1. The second-order valence-electron chi connectivity index (χ2n) is 7.69. The van der Waals surface area contributed by atoms with Crippen molar-refractivity contribution in [2.45, 2.75) is 56.6 Å². The van der Waals surface area contributed by atoms with Gasteiger partial charge in [-0.3, -0.25) is 9.59 Å². The number of ether oxygens (including phenoxy) is 1. The van der Waals surface area contributed by atoms with Crippen molar-refractivity contribution in [3.63, 3.8) is 0 Å². The second-order valence-corrected chi connectivity index (χ2v) is 7.69. The highest BCUT2D eigenvalue weighted by molar-refractivity contribution is 5.98. The molecule has 27 heavy (non-hydrogen) atoms. The monoisotopic (exact) mass is 373 g/mol. The molecule has 0 spiro atoms. The van der Waals surface area contributed by atoms with Crippen LogP contribution in [0.3, 0.4) is 0 Å². The number of piperidine rings is 1. The molecule has 1 aliphatic carbocycles. The zero-order valence-corrected chi connectivity index (χ0v) is 16.4. The number of nitrogens with one attached hydrogen (secondary N) is 2. The van der Waals surface area contributed by atoms with E-state index < -0.39 is 5.60 Å². The Labute approximate surface area is 161 Å². The van der Waals surface area contributed by atoms with Crippen LogP contribution >= 0.6 is 0 Å². The lowest BCUT2D eigenvalue weighted by Crippen LogP contribution is -2.51. The first-order chi connectivity index (χ1) is 13.1. The maximum atomic E-state index is 12.7. The smallest absolute Gasteiger partial charge is 0.256 e. The summed E-state index contributed by atoms with van der Waals surface area (Å²) in [5, 5.41) is 6.19. The van der Waals surface area contributed by atoms with Crippen LogP contribution in [0.1, 0.15) is 55.3 Å². The number of hydrogen-bond donors (Lipinski definition) is 2. The van der Waals surface area contributed by atoms with Crippen molar-refractivity contribution in [3.8, 4) is 0 Å². The molecule has 2 fully saturated rings. The van der Waals surface area contributed by atoms with E-state index in [9.17, 15) is 9.59 Å². The number of methoxy groups -OCH3 is 1. The van der Waals surface area contributed by atoms with Gasteiger partial charge in [0.2, 0.25) is 0 Å². The maximum absolute atomic E-state index is 12.7. The van der Waals surface area contributed by atoms with Gasteiger partial charge < -0.3 is 20.3 Å². The van der Waals surface area contributed by atoms with Gasteiger partial charge in [0.25, 0.3) is 11.8 Å². The lowest BCUT2D eigenvalue weighted by molar-refractivity contribution is -0.140. The second kappa shape index (κ2) is 8.85. The van der Waals surface area contributed by atoms with Crippen LogP contribution in [0.4, 0.5) is 5.69 Å². The van der Waals surface area contributed by atoms with Crippen LogP contribution in [0, 0.1) is 0 Å². The Kier molecular flexibility index (Phi) is 6.50. The molecular formula is C21H31N3O3. The third kappa shape index (κ3) is 4.50. The predicted molar refractivity (Wildman–Crippen MR) is 106 cm³/mol. The van der Waals surface area contributed by atoms with E-state index in [1.54, 1.807) is 31.4 Å². The molecule has 1 heterocycles. The number of rotatable bonds is 5. The van der Waals surface area contributed by atoms with Crippen molar-refractivity contribution in [1.29, 1.82) is 0 Å². The molecule has 0 bridgehead atoms. The van der Waals surface area contributed by atoms with Gasteiger partial charge in [0.05, 0.1) is 0 Å². The number of amides is 2. The van der Waals surface area contributed by atoms with E-state index >= 15 is 0 Å². The Hall–Kier alpha value is -1.92. The highest BCUT2D eigenvalue weighted by Gasteiger charge is 2.39. The van der Waals surface area contributed by atoms with Crippen molar-refractivity contribution < 1.29 is 14.3 Å². The molecule has 0 radical (unpaired) electrons. The molecule has 148 valence electrons. The molecule has 2 aliphatic rings. The topological polar surface area (TPSA) is 70.7 Å². The van der Waals surface area contributed by atoms with E-state index in [0.29, 0.717) is 30.1 Å². The standard InChI is InChI=1S/C21H31N3O3/c1-24(18-6-4-3-5-7-18)19(25)16-8-10-17(11-9-16)23-20(26)21(27-2)12-14-22-15-13-21/h8-11,18,22H,3-7,12-15H2,1-2H3,(H,23,26). The molecule has 3 rings (SSSR count). The van der Waals surface area contributed by atoms with Crippen LogP contribution in [0.2, 0.25) is 0 Å². The molecule has 1 aliphatic heterocycles. The third-order valence-corrected chi connectivity index (χ3v) is 6.05. The highest BCUT2D eigenvalue weighted by atomic mass is 16.5. The summed E-state index contributed by atoms with van der Waals surface area (Å²) in [6, 6.07) is 7.51. The fraction of sp³-hybridized carbons (Fsp3) is 0.619. The summed E-state index contributed by atoms with van der Waals surface area (Å²) in [4.78, 5) is 27.3. The largest absolute Gasteiger partial charge is 0.368 e. The van der Waals surface area contributed by atoms with Crippen molar-refractivity contribution in [1.82, 2.24) is 10.2 Å². The SMILES string of the molecule is COC1(C(=O)Nc2ccc(C(=O)N(C)C3CCCCC3)cc2)CCNCC1. The molecule has 6 nitrogen and oxygen atoms in total. The van der Waals surface area contributed by atoms with E-state index in [1.165, 1.54) is 19.3 Å². The lowest BCUT2D eigenvalue weighted by Gasteiger charge is -2.34. The van der Waals surface area contributed by atoms with Crippen LogP contribution in [0.15, 0.2) is 24.3 Å². The molecule has 0 unspecified atom stereocenters. The molecule has 2 N–H and O–H groups in total. The molecule has 0 atom stereocenters. The average molecular weight is 373 g/mol. The van der Waals surface area contributed by atoms with E-state index in [4.69, 9.17) is 4.74 Å². The van der Waals surface area contributed by atoms with E-state index in [2.05, 4.69) is 10.6 Å². The Morgan fingerprint density at radius 1 is 1.11 bits per heavy atom. The van der Waals surface area contributed by atoms with Crippen molar-refractivity contribution in [2.75, 3.05) is 32.6 Å². The Balaban J connectivity index is 1.62. The molecular weight excluding hydrogens is 342 g/mol. The molecule has 6 heteroatoms. The zero-order valence-electron chi connectivity index (χ0n) is 16.4. The summed E-state index contributed by atoms with van der Waals surface area (Å²) in [6.45, 7) is 1.53. The molecule has 1 saturated heterocycles.